The Morgan fingerprint density at radius 2 is 1.84 bits per heavy atom. The highest BCUT2D eigenvalue weighted by atomic mass is 79.9. The molecule has 3 rings (SSSR count). The van der Waals surface area contributed by atoms with Crippen molar-refractivity contribution in [3.8, 4) is 0 Å². The third-order valence-electron chi connectivity index (χ3n) is 5.57. The summed E-state index contributed by atoms with van der Waals surface area (Å²) in [5.74, 6) is 0.209. The zero-order valence-electron chi connectivity index (χ0n) is 17.7. The minimum Gasteiger partial charge on any atom is -0.352 e. The van der Waals surface area contributed by atoms with E-state index in [9.17, 15) is 14.0 Å². The SMILES string of the molecule is CC(C(=O)NC1CCCC1)N(Cc1ccccc1F)C(=O)CSCc1ccc(Br)cc1. The molecule has 1 aliphatic rings. The number of nitrogens with zero attached hydrogens (tertiary/aromatic N) is 1. The van der Waals surface area contributed by atoms with Gasteiger partial charge in [0.25, 0.3) is 0 Å². The van der Waals surface area contributed by atoms with Crippen LogP contribution in [0.5, 0.6) is 0 Å². The number of hydrogen-bond donors (Lipinski definition) is 1. The molecule has 0 heterocycles. The second-order valence-electron chi connectivity index (χ2n) is 7.90. The Kier molecular flexibility index (Phi) is 8.96. The maximum atomic E-state index is 14.3. The molecule has 2 amide bonds. The van der Waals surface area contributed by atoms with E-state index in [0.717, 1.165) is 35.7 Å². The van der Waals surface area contributed by atoms with Crippen LogP contribution in [0.1, 0.15) is 43.7 Å². The predicted molar refractivity (Wildman–Crippen MR) is 127 cm³/mol. The van der Waals surface area contributed by atoms with Gasteiger partial charge >= 0.3 is 0 Å². The number of hydrogen-bond acceptors (Lipinski definition) is 3. The van der Waals surface area contributed by atoms with Crippen LogP contribution in [-0.4, -0.2) is 34.6 Å². The van der Waals surface area contributed by atoms with Crippen LogP contribution < -0.4 is 5.32 Å². The van der Waals surface area contributed by atoms with Gasteiger partial charge in [-0.3, -0.25) is 9.59 Å². The average Bonchev–Trinajstić information content (AvgIpc) is 3.27. The molecule has 31 heavy (non-hydrogen) atoms. The number of nitrogens with one attached hydrogen (secondary N) is 1. The highest BCUT2D eigenvalue weighted by Crippen LogP contribution is 2.20. The van der Waals surface area contributed by atoms with Gasteiger partial charge in [0.2, 0.25) is 11.8 Å². The van der Waals surface area contributed by atoms with Gasteiger partial charge in [-0.25, -0.2) is 4.39 Å². The van der Waals surface area contributed by atoms with E-state index < -0.39 is 6.04 Å². The molecule has 1 unspecified atom stereocenters. The first-order valence-corrected chi connectivity index (χ1v) is 12.5. The Labute approximate surface area is 196 Å². The lowest BCUT2D eigenvalue weighted by atomic mass is 10.1. The number of benzene rings is 2. The lowest BCUT2D eigenvalue weighted by Gasteiger charge is -2.29. The second-order valence-corrected chi connectivity index (χ2v) is 9.80. The molecule has 0 spiro atoms. The van der Waals surface area contributed by atoms with E-state index in [0.29, 0.717) is 11.3 Å². The maximum Gasteiger partial charge on any atom is 0.242 e. The summed E-state index contributed by atoms with van der Waals surface area (Å²) in [6.07, 6.45) is 4.18. The number of rotatable bonds is 9. The van der Waals surface area contributed by atoms with Gasteiger partial charge in [0, 0.05) is 28.4 Å². The third kappa shape index (κ3) is 7.07. The number of halogens is 2. The van der Waals surface area contributed by atoms with Crippen LogP contribution in [0.25, 0.3) is 0 Å². The smallest absolute Gasteiger partial charge is 0.242 e. The van der Waals surface area contributed by atoms with Crippen molar-refractivity contribution in [1.82, 2.24) is 10.2 Å². The Balaban J connectivity index is 1.66. The van der Waals surface area contributed by atoms with Crippen LogP contribution in [-0.2, 0) is 21.9 Å². The van der Waals surface area contributed by atoms with E-state index in [2.05, 4.69) is 21.2 Å². The molecule has 166 valence electrons. The molecule has 0 aromatic heterocycles. The predicted octanol–water partition coefficient (Wildman–Crippen LogP) is 5.30. The lowest BCUT2D eigenvalue weighted by Crippen LogP contribution is -2.50. The molecule has 0 aliphatic heterocycles. The first-order chi connectivity index (χ1) is 14.9. The number of amides is 2. The van der Waals surface area contributed by atoms with Crippen molar-refractivity contribution < 1.29 is 14.0 Å². The minimum atomic E-state index is -0.666. The van der Waals surface area contributed by atoms with Crippen molar-refractivity contribution in [2.75, 3.05) is 5.75 Å². The van der Waals surface area contributed by atoms with E-state index in [1.807, 2.05) is 24.3 Å². The first kappa shape index (κ1) is 23.8. The fraction of sp³-hybridized carbons (Fsp3) is 0.417. The molecule has 1 saturated carbocycles. The molecular formula is C24H28BrFN2O2S. The second kappa shape index (κ2) is 11.7. The third-order valence-corrected chi connectivity index (χ3v) is 7.09. The van der Waals surface area contributed by atoms with E-state index in [-0.39, 0.29) is 36.0 Å². The van der Waals surface area contributed by atoms with Crippen molar-refractivity contribution in [3.05, 3.63) is 69.9 Å². The summed E-state index contributed by atoms with van der Waals surface area (Å²) in [5.41, 5.74) is 1.53. The fourth-order valence-electron chi connectivity index (χ4n) is 3.70. The van der Waals surface area contributed by atoms with Crippen molar-refractivity contribution in [3.63, 3.8) is 0 Å². The molecule has 1 aliphatic carbocycles. The summed E-state index contributed by atoms with van der Waals surface area (Å²) in [7, 11) is 0. The molecule has 1 atom stereocenters. The van der Waals surface area contributed by atoms with E-state index in [1.165, 1.54) is 22.7 Å². The zero-order valence-corrected chi connectivity index (χ0v) is 20.1. The zero-order chi connectivity index (χ0) is 22.2. The van der Waals surface area contributed by atoms with Gasteiger partial charge in [-0.05, 0) is 43.5 Å². The van der Waals surface area contributed by atoms with Crippen LogP contribution in [0.15, 0.2) is 53.0 Å². The molecule has 0 bridgehead atoms. The van der Waals surface area contributed by atoms with Gasteiger partial charge in [-0.2, -0.15) is 0 Å². The topological polar surface area (TPSA) is 49.4 Å². The highest BCUT2D eigenvalue weighted by Gasteiger charge is 2.28. The number of thioether (sulfide) groups is 1. The van der Waals surface area contributed by atoms with Gasteiger partial charge < -0.3 is 10.2 Å². The molecule has 2 aromatic carbocycles. The van der Waals surface area contributed by atoms with Gasteiger partial charge in [0.05, 0.1) is 5.75 Å². The first-order valence-electron chi connectivity index (χ1n) is 10.6. The molecule has 4 nitrogen and oxygen atoms in total. The largest absolute Gasteiger partial charge is 0.352 e. The van der Waals surface area contributed by atoms with Crippen molar-refractivity contribution in [2.24, 2.45) is 0 Å². The maximum absolute atomic E-state index is 14.3. The standard InChI is InChI=1S/C24H28BrFN2O2S/c1-17(24(30)27-21-7-3-4-8-21)28(14-19-6-2-5-9-22(19)26)23(29)16-31-15-18-10-12-20(25)13-11-18/h2,5-6,9-13,17,21H,3-4,7-8,14-16H2,1H3,(H,27,30). The Morgan fingerprint density at radius 3 is 2.52 bits per heavy atom. The number of carbonyl (C=O) groups excluding carboxylic acids is 2. The van der Waals surface area contributed by atoms with Crippen LogP contribution >= 0.6 is 27.7 Å². The quantitative estimate of drug-likeness (QED) is 0.502. The summed E-state index contributed by atoms with van der Waals surface area (Å²) < 4.78 is 15.3. The summed E-state index contributed by atoms with van der Waals surface area (Å²) in [4.78, 5) is 27.4. The van der Waals surface area contributed by atoms with E-state index >= 15 is 0 Å². The van der Waals surface area contributed by atoms with Crippen molar-refractivity contribution in [2.45, 2.75) is 57.0 Å². The highest BCUT2D eigenvalue weighted by molar-refractivity contribution is 9.10. The van der Waals surface area contributed by atoms with Gasteiger partial charge in [0.1, 0.15) is 11.9 Å². The minimum absolute atomic E-state index is 0.0730. The molecule has 2 aromatic rings. The van der Waals surface area contributed by atoms with E-state index in [4.69, 9.17) is 0 Å². The molecule has 7 heteroatoms. The molecule has 1 N–H and O–H groups in total. The van der Waals surface area contributed by atoms with Crippen LogP contribution in [0.2, 0.25) is 0 Å². The normalized spacial score (nSPS) is 14.9. The monoisotopic (exact) mass is 506 g/mol. The molecular weight excluding hydrogens is 479 g/mol. The summed E-state index contributed by atoms with van der Waals surface area (Å²) in [6.45, 7) is 1.80. The summed E-state index contributed by atoms with van der Waals surface area (Å²) >= 11 is 4.91. The summed E-state index contributed by atoms with van der Waals surface area (Å²) in [6, 6.07) is 13.9. The fourth-order valence-corrected chi connectivity index (χ4v) is 4.84. The van der Waals surface area contributed by atoms with Crippen LogP contribution in [0.3, 0.4) is 0 Å². The molecule has 0 radical (unpaired) electrons. The summed E-state index contributed by atoms with van der Waals surface area (Å²) in [5, 5.41) is 3.06. The molecule has 0 saturated heterocycles. The Hall–Kier alpha value is -1.86. The van der Waals surface area contributed by atoms with Gasteiger partial charge in [0.15, 0.2) is 0 Å². The van der Waals surface area contributed by atoms with Gasteiger partial charge in [-0.1, -0.05) is 59.1 Å². The average molecular weight is 507 g/mol. The lowest BCUT2D eigenvalue weighted by molar-refractivity contribution is -0.139. The Morgan fingerprint density at radius 1 is 1.16 bits per heavy atom. The van der Waals surface area contributed by atoms with Crippen molar-refractivity contribution in [1.29, 1.82) is 0 Å². The Bertz CT molecular complexity index is 887. The molecule has 1 fully saturated rings. The number of carbonyl (C=O) groups is 2. The van der Waals surface area contributed by atoms with E-state index in [1.54, 1.807) is 25.1 Å². The van der Waals surface area contributed by atoms with Crippen LogP contribution in [0, 0.1) is 5.82 Å². The van der Waals surface area contributed by atoms with Crippen molar-refractivity contribution >= 4 is 39.5 Å². The van der Waals surface area contributed by atoms with Gasteiger partial charge in [-0.15, -0.1) is 11.8 Å². The van der Waals surface area contributed by atoms with Crippen LogP contribution in [0.4, 0.5) is 4.39 Å².